The SMILES string of the molecule is COc1cc(OC)c2ncnc(N3C[C@H]4CNC[C@H]4C3)c2c1. The van der Waals surface area contributed by atoms with Crippen LogP contribution in [0.1, 0.15) is 0 Å². The van der Waals surface area contributed by atoms with E-state index in [9.17, 15) is 0 Å². The van der Waals surface area contributed by atoms with E-state index in [0.717, 1.165) is 66.2 Å². The van der Waals surface area contributed by atoms with Crippen LogP contribution in [-0.4, -0.2) is 50.4 Å². The van der Waals surface area contributed by atoms with Crippen LogP contribution >= 0.6 is 0 Å². The van der Waals surface area contributed by atoms with Crippen LogP contribution in [0.25, 0.3) is 10.9 Å². The summed E-state index contributed by atoms with van der Waals surface area (Å²) in [5.41, 5.74) is 0.837. The Morgan fingerprint density at radius 2 is 1.86 bits per heavy atom. The molecule has 0 bridgehead atoms. The average Bonchev–Trinajstić information content (AvgIpc) is 3.14. The summed E-state index contributed by atoms with van der Waals surface area (Å²) in [7, 11) is 3.32. The molecular weight excluding hydrogens is 280 g/mol. The van der Waals surface area contributed by atoms with E-state index in [1.165, 1.54) is 0 Å². The van der Waals surface area contributed by atoms with Crippen molar-refractivity contribution < 1.29 is 9.47 Å². The number of anilines is 1. The Balaban J connectivity index is 1.80. The molecule has 2 aliphatic rings. The lowest BCUT2D eigenvalue weighted by Crippen LogP contribution is -2.26. The Bertz CT molecular complexity index is 694. The predicted octanol–water partition coefficient (Wildman–Crippen LogP) is 1.30. The summed E-state index contributed by atoms with van der Waals surface area (Å²) in [6.45, 7) is 4.31. The molecule has 6 heteroatoms. The van der Waals surface area contributed by atoms with Crippen molar-refractivity contribution in [1.29, 1.82) is 0 Å². The smallest absolute Gasteiger partial charge is 0.148 e. The highest BCUT2D eigenvalue weighted by Gasteiger charge is 2.37. The molecule has 0 amide bonds. The predicted molar refractivity (Wildman–Crippen MR) is 84.7 cm³/mol. The fourth-order valence-corrected chi connectivity index (χ4v) is 3.65. The number of hydrogen-bond donors (Lipinski definition) is 1. The van der Waals surface area contributed by atoms with Gasteiger partial charge in [-0.05, 0) is 17.9 Å². The highest BCUT2D eigenvalue weighted by atomic mass is 16.5. The van der Waals surface area contributed by atoms with Gasteiger partial charge in [-0.15, -0.1) is 0 Å². The maximum absolute atomic E-state index is 5.46. The second-order valence-electron chi connectivity index (χ2n) is 6.01. The highest BCUT2D eigenvalue weighted by molar-refractivity contribution is 5.94. The Morgan fingerprint density at radius 3 is 2.55 bits per heavy atom. The fraction of sp³-hybridized carbons (Fsp3) is 0.500. The van der Waals surface area contributed by atoms with Crippen molar-refractivity contribution >= 4 is 16.7 Å². The molecule has 0 unspecified atom stereocenters. The molecule has 6 nitrogen and oxygen atoms in total. The van der Waals surface area contributed by atoms with Gasteiger partial charge in [-0.3, -0.25) is 0 Å². The van der Waals surface area contributed by atoms with E-state index >= 15 is 0 Å². The third-order valence-electron chi connectivity index (χ3n) is 4.80. The Morgan fingerprint density at radius 1 is 1.09 bits per heavy atom. The summed E-state index contributed by atoms with van der Waals surface area (Å²) in [4.78, 5) is 11.3. The van der Waals surface area contributed by atoms with Gasteiger partial charge < -0.3 is 19.7 Å². The van der Waals surface area contributed by atoms with Crippen molar-refractivity contribution in [2.24, 2.45) is 11.8 Å². The van der Waals surface area contributed by atoms with Crippen LogP contribution in [0.5, 0.6) is 11.5 Å². The minimum atomic E-state index is 0.720. The lowest BCUT2D eigenvalue weighted by molar-refractivity contribution is 0.397. The van der Waals surface area contributed by atoms with Crippen molar-refractivity contribution in [3.63, 3.8) is 0 Å². The molecule has 2 fully saturated rings. The van der Waals surface area contributed by atoms with Gasteiger partial charge in [0, 0.05) is 32.2 Å². The van der Waals surface area contributed by atoms with E-state index in [1.807, 2.05) is 12.1 Å². The number of fused-ring (bicyclic) bond motifs is 2. The molecule has 116 valence electrons. The minimum Gasteiger partial charge on any atom is -0.497 e. The van der Waals surface area contributed by atoms with Gasteiger partial charge in [0.15, 0.2) is 0 Å². The van der Waals surface area contributed by atoms with E-state index in [0.29, 0.717) is 0 Å². The number of nitrogens with one attached hydrogen (secondary N) is 1. The van der Waals surface area contributed by atoms with Gasteiger partial charge >= 0.3 is 0 Å². The largest absolute Gasteiger partial charge is 0.497 e. The Hall–Kier alpha value is -2.08. The van der Waals surface area contributed by atoms with Crippen molar-refractivity contribution in [2.75, 3.05) is 45.3 Å². The normalized spacial score (nSPS) is 23.8. The molecule has 0 radical (unpaired) electrons. The molecule has 22 heavy (non-hydrogen) atoms. The second kappa shape index (κ2) is 5.28. The Kier molecular flexibility index (Phi) is 3.26. The van der Waals surface area contributed by atoms with Crippen molar-refractivity contribution in [1.82, 2.24) is 15.3 Å². The third-order valence-corrected chi connectivity index (χ3v) is 4.80. The van der Waals surface area contributed by atoms with Gasteiger partial charge in [0.05, 0.1) is 19.6 Å². The molecule has 4 rings (SSSR count). The number of hydrogen-bond acceptors (Lipinski definition) is 6. The number of nitrogens with zero attached hydrogens (tertiary/aromatic N) is 3. The molecule has 2 saturated heterocycles. The first-order valence-corrected chi connectivity index (χ1v) is 7.62. The molecule has 0 spiro atoms. The van der Waals surface area contributed by atoms with Crippen LogP contribution < -0.4 is 19.7 Å². The van der Waals surface area contributed by atoms with Gasteiger partial charge in [0.1, 0.15) is 29.2 Å². The van der Waals surface area contributed by atoms with E-state index in [4.69, 9.17) is 9.47 Å². The first-order chi connectivity index (χ1) is 10.8. The quantitative estimate of drug-likeness (QED) is 0.922. The van der Waals surface area contributed by atoms with Crippen molar-refractivity contribution in [2.45, 2.75) is 0 Å². The fourth-order valence-electron chi connectivity index (χ4n) is 3.65. The molecule has 0 saturated carbocycles. The zero-order valence-corrected chi connectivity index (χ0v) is 12.9. The number of aromatic nitrogens is 2. The minimum absolute atomic E-state index is 0.720. The van der Waals surface area contributed by atoms with Crippen molar-refractivity contribution in [3.05, 3.63) is 18.5 Å². The summed E-state index contributed by atoms with van der Waals surface area (Å²) < 4.78 is 10.9. The summed E-state index contributed by atoms with van der Waals surface area (Å²) in [6, 6.07) is 3.86. The van der Waals surface area contributed by atoms with Crippen LogP contribution in [-0.2, 0) is 0 Å². The van der Waals surface area contributed by atoms with Crippen LogP contribution in [0.2, 0.25) is 0 Å². The zero-order chi connectivity index (χ0) is 15.1. The lowest BCUT2D eigenvalue weighted by Gasteiger charge is -2.20. The number of ether oxygens (including phenoxy) is 2. The average molecular weight is 300 g/mol. The molecule has 2 atom stereocenters. The summed E-state index contributed by atoms with van der Waals surface area (Å²) in [6.07, 6.45) is 1.62. The zero-order valence-electron chi connectivity index (χ0n) is 12.9. The molecule has 1 aromatic carbocycles. The summed E-state index contributed by atoms with van der Waals surface area (Å²) in [5.74, 6) is 3.91. The van der Waals surface area contributed by atoms with Gasteiger partial charge in [-0.2, -0.15) is 0 Å². The summed E-state index contributed by atoms with van der Waals surface area (Å²) in [5, 5.41) is 4.46. The molecule has 3 heterocycles. The number of methoxy groups -OCH3 is 2. The van der Waals surface area contributed by atoms with Crippen LogP contribution in [0.15, 0.2) is 18.5 Å². The maximum atomic E-state index is 5.46. The third kappa shape index (κ3) is 2.06. The first kappa shape index (κ1) is 13.6. The lowest BCUT2D eigenvalue weighted by atomic mass is 10.0. The van der Waals surface area contributed by atoms with Gasteiger partial charge in [-0.1, -0.05) is 0 Å². The van der Waals surface area contributed by atoms with E-state index < -0.39 is 0 Å². The number of rotatable bonds is 3. The van der Waals surface area contributed by atoms with Gasteiger partial charge in [0.25, 0.3) is 0 Å². The van der Waals surface area contributed by atoms with E-state index in [1.54, 1.807) is 20.5 Å². The van der Waals surface area contributed by atoms with Crippen LogP contribution in [0, 0.1) is 11.8 Å². The van der Waals surface area contributed by atoms with Crippen LogP contribution in [0.3, 0.4) is 0 Å². The molecule has 2 aliphatic heterocycles. The van der Waals surface area contributed by atoms with E-state index in [2.05, 4.69) is 20.2 Å². The standard InChI is InChI=1S/C16H20N4O2/c1-21-12-3-13-15(14(4-12)22-2)18-9-19-16(13)20-7-10-5-17-6-11(10)8-20/h3-4,9-11,17H,5-8H2,1-2H3/t10-,11+. The summed E-state index contributed by atoms with van der Waals surface area (Å²) >= 11 is 0. The monoisotopic (exact) mass is 300 g/mol. The Labute approximate surface area is 129 Å². The van der Waals surface area contributed by atoms with Crippen molar-refractivity contribution in [3.8, 4) is 11.5 Å². The molecule has 0 aliphatic carbocycles. The van der Waals surface area contributed by atoms with Gasteiger partial charge in [-0.25, -0.2) is 9.97 Å². The molecule has 1 aromatic heterocycles. The second-order valence-corrected chi connectivity index (χ2v) is 6.01. The molecule has 2 aromatic rings. The number of benzene rings is 1. The molecular formula is C16H20N4O2. The van der Waals surface area contributed by atoms with Gasteiger partial charge in [0.2, 0.25) is 0 Å². The maximum Gasteiger partial charge on any atom is 0.148 e. The first-order valence-electron chi connectivity index (χ1n) is 7.62. The highest BCUT2D eigenvalue weighted by Crippen LogP contribution is 2.37. The molecule has 1 N–H and O–H groups in total. The topological polar surface area (TPSA) is 59.5 Å². The van der Waals surface area contributed by atoms with Crippen LogP contribution in [0.4, 0.5) is 5.82 Å². The van der Waals surface area contributed by atoms with E-state index in [-0.39, 0.29) is 0 Å².